The summed E-state index contributed by atoms with van der Waals surface area (Å²) in [6, 6.07) is 14.9. The van der Waals surface area contributed by atoms with Gasteiger partial charge in [-0.1, -0.05) is 37.8 Å². The predicted octanol–water partition coefficient (Wildman–Crippen LogP) is 5.39. The molecule has 1 N–H and O–H groups in total. The second kappa shape index (κ2) is 12.0. The van der Waals surface area contributed by atoms with E-state index in [0.717, 1.165) is 0 Å². The Hall–Kier alpha value is -6.30. The van der Waals surface area contributed by atoms with Crippen LogP contribution < -0.4 is 0 Å². The molecule has 2 aliphatic rings. The summed E-state index contributed by atoms with van der Waals surface area (Å²) in [4.78, 5) is 81.8. The number of ketones is 4. The van der Waals surface area contributed by atoms with Gasteiger partial charge in [0.15, 0.2) is 11.5 Å². The molecule has 1 aromatic carbocycles. The average molecular weight is 621 g/mol. The molecule has 12 nitrogen and oxygen atoms in total. The van der Waals surface area contributed by atoms with Crippen LogP contribution in [-0.4, -0.2) is 56.8 Å². The average Bonchev–Trinajstić information content (AvgIpc) is 3.63. The number of furan rings is 2. The highest BCUT2D eigenvalue weighted by Gasteiger charge is 2.41. The summed E-state index contributed by atoms with van der Waals surface area (Å²) in [5, 5.41) is 9.12. The third kappa shape index (κ3) is 4.81. The smallest absolute Gasteiger partial charge is 0.342 e. The largest absolute Gasteiger partial charge is 0.478 e. The fourth-order valence-corrected chi connectivity index (χ4v) is 5.20. The number of esters is 1. The summed E-state index contributed by atoms with van der Waals surface area (Å²) in [5.41, 5.74) is 0.230. The van der Waals surface area contributed by atoms with E-state index in [9.17, 15) is 28.8 Å². The van der Waals surface area contributed by atoms with Crippen molar-refractivity contribution in [2.75, 3.05) is 6.61 Å². The summed E-state index contributed by atoms with van der Waals surface area (Å²) in [5.74, 6) is -4.33. The fourth-order valence-electron chi connectivity index (χ4n) is 5.20. The van der Waals surface area contributed by atoms with Crippen LogP contribution in [0.5, 0.6) is 0 Å². The van der Waals surface area contributed by atoms with Crippen molar-refractivity contribution in [2.24, 2.45) is 0 Å². The normalized spacial score (nSPS) is 12.5. The van der Waals surface area contributed by atoms with Crippen LogP contribution >= 0.6 is 0 Å². The number of carbonyl (C=O) groups excluding carboxylic acids is 5. The standard InChI is InChI=1S/C20H13NO5.C13H7NO5.CH4/c1-2-25-20(24)14-13-17(23)15-12(9-6-10-21-15)16(22)19(13)26-18(14)11-7-4-3-5-8-11;1-5-7(13(17)18)8-11(16)9-6(3-2-4-14-9)10(15)12(8)19-5;/h3-10H,2H2,1H3;2-4H,1H3,(H,17,18);1H4. The Morgan fingerprint density at radius 3 is 1.76 bits per heavy atom. The van der Waals surface area contributed by atoms with Crippen LogP contribution in [0.25, 0.3) is 11.3 Å². The third-order valence-electron chi connectivity index (χ3n) is 7.12. The van der Waals surface area contributed by atoms with E-state index in [-0.39, 0.29) is 81.8 Å². The highest BCUT2D eigenvalue weighted by molar-refractivity contribution is 6.30. The van der Waals surface area contributed by atoms with Gasteiger partial charge >= 0.3 is 11.9 Å². The van der Waals surface area contributed by atoms with Crippen molar-refractivity contribution in [1.82, 2.24) is 9.97 Å². The Morgan fingerprint density at radius 1 is 0.717 bits per heavy atom. The molecule has 46 heavy (non-hydrogen) atoms. The molecule has 0 atom stereocenters. The van der Waals surface area contributed by atoms with Crippen LogP contribution in [0.4, 0.5) is 0 Å². The Morgan fingerprint density at radius 2 is 1.24 bits per heavy atom. The van der Waals surface area contributed by atoms with Crippen molar-refractivity contribution in [1.29, 1.82) is 0 Å². The molecule has 0 unspecified atom stereocenters. The lowest BCUT2D eigenvalue weighted by Gasteiger charge is -2.12. The van der Waals surface area contributed by atoms with E-state index in [2.05, 4.69) is 9.97 Å². The van der Waals surface area contributed by atoms with Gasteiger partial charge in [0, 0.05) is 18.0 Å². The number of hydrogen-bond acceptors (Lipinski definition) is 11. The molecular weight excluding hydrogens is 596 g/mol. The molecule has 2 aliphatic carbocycles. The molecule has 0 fully saturated rings. The number of aromatic carboxylic acids is 1. The van der Waals surface area contributed by atoms with Gasteiger partial charge in [-0.25, -0.2) is 9.59 Å². The van der Waals surface area contributed by atoms with Crippen molar-refractivity contribution >= 4 is 35.1 Å². The fraction of sp³-hybridized carbons (Fsp3) is 0.118. The van der Waals surface area contributed by atoms with Crippen LogP contribution in [0.3, 0.4) is 0 Å². The van der Waals surface area contributed by atoms with Crippen LogP contribution in [0.2, 0.25) is 0 Å². The Labute approximate surface area is 260 Å². The molecule has 4 heterocycles. The number of carboxylic acids is 1. The SMILES string of the molecule is C.CCOC(=O)c1c(-c2ccccc2)oc2c1C(=O)c1ncccc1C2=O.Cc1oc2c(c1C(=O)O)C(=O)c1ncccc1C2=O. The molecular formula is C34H24N2O10. The first-order valence-corrected chi connectivity index (χ1v) is 13.5. The van der Waals surface area contributed by atoms with E-state index in [0.29, 0.717) is 5.56 Å². The Balaban J connectivity index is 0.000000186. The number of carbonyl (C=O) groups is 6. The van der Waals surface area contributed by atoms with Gasteiger partial charge in [-0.3, -0.25) is 29.1 Å². The lowest BCUT2D eigenvalue weighted by molar-refractivity contribution is 0.0523. The number of aromatic nitrogens is 2. The van der Waals surface area contributed by atoms with Crippen LogP contribution in [0.15, 0.2) is 75.8 Å². The van der Waals surface area contributed by atoms with E-state index in [4.69, 9.17) is 18.7 Å². The first-order chi connectivity index (χ1) is 21.6. The maximum Gasteiger partial charge on any atom is 0.342 e. The maximum atomic E-state index is 12.9. The van der Waals surface area contributed by atoms with Crippen molar-refractivity contribution in [3.63, 3.8) is 0 Å². The minimum atomic E-state index is -1.30. The molecule has 0 spiro atoms. The molecule has 7 rings (SSSR count). The van der Waals surface area contributed by atoms with Crippen LogP contribution in [-0.2, 0) is 4.74 Å². The summed E-state index contributed by atoms with van der Waals surface area (Å²) >= 11 is 0. The zero-order valence-corrected chi connectivity index (χ0v) is 23.6. The summed E-state index contributed by atoms with van der Waals surface area (Å²) in [6.07, 6.45) is 2.81. The quantitative estimate of drug-likeness (QED) is 0.248. The van der Waals surface area contributed by atoms with Crippen LogP contribution in [0.1, 0.15) is 105 Å². The lowest BCUT2D eigenvalue weighted by Crippen LogP contribution is -2.23. The second-order valence-corrected chi connectivity index (χ2v) is 9.75. The second-order valence-electron chi connectivity index (χ2n) is 9.75. The van der Waals surface area contributed by atoms with Crippen molar-refractivity contribution < 1.29 is 47.4 Å². The van der Waals surface area contributed by atoms with Gasteiger partial charge in [0.25, 0.3) is 0 Å². The van der Waals surface area contributed by atoms with Gasteiger partial charge in [-0.2, -0.15) is 0 Å². The molecule has 230 valence electrons. The van der Waals surface area contributed by atoms with Gasteiger partial charge in [-0.15, -0.1) is 0 Å². The summed E-state index contributed by atoms with van der Waals surface area (Å²) in [6.45, 7) is 3.20. The molecule has 0 aliphatic heterocycles. The minimum absolute atomic E-state index is 0. The monoisotopic (exact) mass is 620 g/mol. The number of hydrogen-bond donors (Lipinski definition) is 1. The number of rotatable bonds is 4. The third-order valence-corrected chi connectivity index (χ3v) is 7.12. The van der Waals surface area contributed by atoms with Crippen molar-refractivity contribution in [2.45, 2.75) is 21.3 Å². The minimum Gasteiger partial charge on any atom is -0.478 e. The predicted molar refractivity (Wildman–Crippen MR) is 159 cm³/mol. The van der Waals surface area contributed by atoms with E-state index in [1.54, 1.807) is 37.3 Å². The molecule has 4 aromatic heterocycles. The number of pyridine rings is 2. The van der Waals surface area contributed by atoms with Gasteiger partial charge < -0.3 is 18.7 Å². The molecule has 12 heteroatoms. The topological polar surface area (TPSA) is 184 Å². The van der Waals surface area contributed by atoms with E-state index in [1.165, 1.54) is 37.5 Å². The number of carboxylic acid groups (broad SMARTS) is 1. The van der Waals surface area contributed by atoms with Gasteiger partial charge in [0.2, 0.25) is 23.1 Å². The number of nitrogens with zero attached hydrogens (tertiary/aromatic N) is 2. The Bertz CT molecular complexity index is 2100. The highest BCUT2D eigenvalue weighted by atomic mass is 16.5. The molecule has 0 amide bonds. The van der Waals surface area contributed by atoms with Gasteiger partial charge in [-0.05, 0) is 38.1 Å². The van der Waals surface area contributed by atoms with Crippen molar-refractivity contribution in [3.05, 3.63) is 129 Å². The number of fused-ring (bicyclic) bond motifs is 4. The lowest BCUT2D eigenvalue weighted by atomic mass is 9.89. The van der Waals surface area contributed by atoms with Crippen LogP contribution in [0, 0.1) is 6.92 Å². The number of aryl methyl sites for hydroxylation is 1. The molecule has 0 saturated carbocycles. The molecule has 0 radical (unpaired) electrons. The highest BCUT2D eigenvalue weighted by Crippen LogP contribution is 2.38. The Kier molecular flexibility index (Phi) is 8.12. The van der Waals surface area contributed by atoms with Gasteiger partial charge in [0.05, 0.1) is 28.9 Å². The maximum absolute atomic E-state index is 12.9. The zero-order valence-electron chi connectivity index (χ0n) is 23.6. The molecule has 0 bridgehead atoms. The van der Waals surface area contributed by atoms with E-state index in [1.807, 2.05) is 6.07 Å². The molecule has 5 aromatic rings. The van der Waals surface area contributed by atoms with Crippen molar-refractivity contribution in [3.8, 4) is 11.3 Å². The zero-order chi connectivity index (χ0) is 32.0. The summed E-state index contributed by atoms with van der Waals surface area (Å²) < 4.78 is 16.0. The van der Waals surface area contributed by atoms with E-state index < -0.39 is 35.1 Å². The number of benzene rings is 1. The van der Waals surface area contributed by atoms with E-state index >= 15 is 0 Å². The number of ether oxygens (including phenoxy) is 1. The first-order valence-electron chi connectivity index (χ1n) is 13.5. The molecule has 0 saturated heterocycles. The summed E-state index contributed by atoms with van der Waals surface area (Å²) in [7, 11) is 0. The first kappa shape index (κ1) is 31.1. The van der Waals surface area contributed by atoms with Gasteiger partial charge in [0.1, 0.15) is 34.0 Å².